The Kier molecular flexibility index (Phi) is 5.22. The molecule has 3 heterocycles. The van der Waals surface area contributed by atoms with Crippen molar-refractivity contribution in [2.75, 3.05) is 18.4 Å². The van der Waals surface area contributed by atoms with Crippen LogP contribution in [0.25, 0.3) is 11.0 Å². The smallest absolute Gasteiger partial charge is 0.291 e. The number of likely N-dealkylation sites (tertiary alicyclic amines) is 1. The van der Waals surface area contributed by atoms with Gasteiger partial charge in [0, 0.05) is 11.7 Å². The summed E-state index contributed by atoms with van der Waals surface area (Å²) in [7, 11) is 0. The topological polar surface area (TPSA) is 63.3 Å². The zero-order valence-electron chi connectivity index (χ0n) is 16.8. The van der Waals surface area contributed by atoms with Crippen molar-refractivity contribution in [1.29, 1.82) is 0 Å². The second-order valence-corrected chi connectivity index (χ2v) is 8.09. The fraction of sp³-hybridized carbons (Fsp3) is 0.455. The summed E-state index contributed by atoms with van der Waals surface area (Å²) in [6.45, 7) is 9.84. The van der Waals surface area contributed by atoms with Crippen LogP contribution in [0.4, 0.5) is 5.69 Å². The Morgan fingerprint density at radius 1 is 1.29 bits per heavy atom. The third-order valence-corrected chi connectivity index (χ3v) is 5.52. The minimum atomic E-state index is -0.254. The van der Waals surface area contributed by atoms with E-state index in [1.54, 1.807) is 12.1 Å². The lowest BCUT2D eigenvalue weighted by Gasteiger charge is -2.30. The zero-order valence-corrected chi connectivity index (χ0v) is 16.8. The molecule has 2 aromatic heterocycles. The van der Waals surface area contributed by atoms with Crippen molar-refractivity contribution in [2.45, 2.75) is 46.2 Å². The first kappa shape index (κ1) is 18.7. The first-order valence-electron chi connectivity index (χ1n) is 10.1. The fourth-order valence-corrected chi connectivity index (χ4v) is 3.93. The van der Waals surface area contributed by atoms with E-state index in [9.17, 15) is 4.79 Å². The molecule has 28 heavy (non-hydrogen) atoms. The number of hydrogen-bond acceptors (Lipinski definition) is 4. The highest BCUT2D eigenvalue weighted by molar-refractivity contribution is 6.03. The summed E-state index contributed by atoms with van der Waals surface area (Å²) < 4.78 is 7.48. The molecular formula is C22H28N4O2. The third-order valence-electron chi connectivity index (χ3n) is 5.52. The molecule has 6 heteroatoms. The number of amides is 1. The molecule has 0 radical (unpaired) electrons. The summed E-state index contributed by atoms with van der Waals surface area (Å²) in [4.78, 5) is 19.7. The molecule has 1 amide bonds. The molecule has 1 aliphatic heterocycles. The van der Waals surface area contributed by atoms with Gasteiger partial charge in [-0.1, -0.05) is 6.92 Å². The van der Waals surface area contributed by atoms with Crippen LogP contribution in [0.1, 0.15) is 56.0 Å². The Hall–Kier alpha value is -2.60. The average molecular weight is 380 g/mol. The van der Waals surface area contributed by atoms with Crippen LogP contribution >= 0.6 is 0 Å². The zero-order chi connectivity index (χ0) is 19.7. The summed E-state index contributed by atoms with van der Waals surface area (Å²) >= 11 is 0. The number of fused-ring (bicyclic) bond motifs is 1. The predicted octanol–water partition coefficient (Wildman–Crippen LogP) is 4.69. The standard InChI is InChI=1S/C22H28N4O2/c1-15(2)26-19-7-6-17(23-22(27)20-5-4-12-28-20)13-18(19)24-21(26)14-25-10-8-16(3)9-11-25/h4-7,12-13,15-16H,8-11,14H2,1-3H3,(H,23,27). The summed E-state index contributed by atoms with van der Waals surface area (Å²) in [5.41, 5.74) is 2.73. The lowest BCUT2D eigenvalue weighted by atomic mass is 9.99. The number of carbonyl (C=O) groups excluding carboxylic acids is 1. The Balaban J connectivity index is 1.59. The molecule has 1 aliphatic rings. The monoisotopic (exact) mass is 380 g/mol. The average Bonchev–Trinajstić information content (AvgIpc) is 3.31. The molecule has 0 saturated carbocycles. The lowest BCUT2D eigenvalue weighted by molar-refractivity contribution is 0.0996. The van der Waals surface area contributed by atoms with Crippen LogP contribution in [0.3, 0.4) is 0 Å². The van der Waals surface area contributed by atoms with Crippen LogP contribution in [0.5, 0.6) is 0 Å². The number of anilines is 1. The van der Waals surface area contributed by atoms with Crippen LogP contribution < -0.4 is 5.32 Å². The maximum Gasteiger partial charge on any atom is 0.291 e. The van der Waals surface area contributed by atoms with E-state index in [1.807, 2.05) is 18.2 Å². The van der Waals surface area contributed by atoms with E-state index >= 15 is 0 Å². The van der Waals surface area contributed by atoms with Crippen molar-refractivity contribution in [3.63, 3.8) is 0 Å². The lowest BCUT2D eigenvalue weighted by Crippen LogP contribution is -2.33. The number of piperidine rings is 1. The number of carbonyl (C=O) groups is 1. The van der Waals surface area contributed by atoms with Crippen molar-refractivity contribution in [1.82, 2.24) is 14.5 Å². The number of hydrogen-bond donors (Lipinski definition) is 1. The Bertz CT molecular complexity index is 950. The first-order valence-corrected chi connectivity index (χ1v) is 10.1. The van der Waals surface area contributed by atoms with Gasteiger partial charge in [-0.25, -0.2) is 4.98 Å². The quantitative estimate of drug-likeness (QED) is 0.697. The van der Waals surface area contributed by atoms with Crippen LogP contribution in [-0.2, 0) is 6.54 Å². The summed E-state index contributed by atoms with van der Waals surface area (Å²) in [5, 5.41) is 2.89. The molecule has 4 rings (SSSR count). The highest BCUT2D eigenvalue weighted by Gasteiger charge is 2.20. The molecule has 0 spiro atoms. The molecule has 6 nitrogen and oxygen atoms in total. The fourth-order valence-electron chi connectivity index (χ4n) is 3.93. The van der Waals surface area contributed by atoms with E-state index in [-0.39, 0.29) is 5.91 Å². The molecule has 0 unspecified atom stereocenters. The molecule has 0 atom stereocenters. The van der Waals surface area contributed by atoms with Crippen molar-refractivity contribution in [3.05, 3.63) is 48.2 Å². The molecule has 3 aromatic rings. The number of nitrogens with zero attached hydrogens (tertiary/aromatic N) is 3. The highest BCUT2D eigenvalue weighted by Crippen LogP contribution is 2.26. The van der Waals surface area contributed by atoms with Gasteiger partial charge in [0.05, 0.1) is 23.8 Å². The Morgan fingerprint density at radius 2 is 2.07 bits per heavy atom. The van der Waals surface area contributed by atoms with Gasteiger partial charge in [0.1, 0.15) is 5.82 Å². The van der Waals surface area contributed by atoms with E-state index < -0.39 is 0 Å². The van der Waals surface area contributed by atoms with Gasteiger partial charge >= 0.3 is 0 Å². The minimum Gasteiger partial charge on any atom is -0.459 e. The van der Waals surface area contributed by atoms with E-state index in [2.05, 4.69) is 35.6 Å². The summed E-state index contributed by atoms with van der Waals surface area (Å²) in [5.74, 6) is 1.96. The number of benzene rings is 1. The normalized spacial score (nSPS) is 16.1. The number of nitrogens with one attached hydrogen (secondary N) is 1. The Morgan fingerprint density at radius 3 is 2.75 bits per heavy atom. The number of rotatable bonds is 5. The Labute approximate surface area is 165 Å². The first-order chi connectivity index (χ1) is 13.5. The van der Waals surface area contributed by atoms with Crippen molar-refractivity contribution in [3.8, 4) is 0 Å². The van der Waals surface area contributed by atoms with E-state index in [1.165, 1.54) is 19.1 Å². The van der Waals surface area contributed by atoms with Crippen LogP contribution in [0.2, 0.25) is 0 Å². The van der Waals surface area contributed by atoms with Gasteiger partial charge in [0.2, 0.25) is 0 Å². The van der Waals surface area contributed by atoms with Crippen LogP contribution in [0, 0.1) is 5.92 Å². The predicted molar refractivity (Wildman–Crippen MR) is 110 cm³/mol. The summed E-state index contributed by atoms with van der Waals surface area (Å²) in [6.07, 6.45) is 4.01. The van der Waals surface area contributed by atoms with Crippen molar-refractivity contribution in [2.24, 2.45) is 5.92 Å². The maximum absolute atomic E-state index is 12.2. The molecule has 0 aliphatic carbocycles. The summed E-state index contributed by atoms with van der Waals surface area (Å²) in [6, 6.07) is 9.59. The largest absolute Gasteiger partial charge is 0.459 e. The van der Waals surface area contributed by atoms with E-state index in [0.29, 0.717) is 11.8 Å². The second kappa shape index (κ2) is 7.80. The van der Waals surface area contributed by atoms with Gasteiger partial charge in [-0.05, 0) is 76.0 Å². The van der Waals surface area contributed by atoms with Gasteiger partial charge in [-0.3, -0.25) is 9.69 Å². The maximum atomic E-state index is 12.2. The van der Waals surface area contributed by atoms with Gasteiger partial charge in [0.25, 0.3) is 5.91 Å². The minimum absolute atomic E-state index is 0.254. The van der Waals surface area contributed by atoms with Gasteiger partial charge in [0.15, 0.2) is 5.76 Å². The molecular weight excluding hydrogens is 352 g/mol. The van der Waals surface area contributed by atoms with Gasteiger partial charge in [-0.15, -0.1) is 0 Å². The van der Waals surface area contributed by atoms with Crippen molar-refractivity contribution >= 4 is 22.6 Å². The van der Waals surface area contributed by atoms with Crippen molar-refractivity contribution < 1.29 is 9.21 Å². The van der Waals surface area contributed by atoms with Crippen LogP contribution in [0.15, 0.2) is 41.0 Å². The number of imidazole rings is 1. The molecule has 1 aromatic carbocycles. The molecule has 1 N–H and O–H groups in total. The molecule has 1 fully saturated rings. The molecule has 148 valence electrons. The second-order valence-electron chi connectivity index (χ2n) is 8.09. The van der Waals surface area contributed by atoms with E-state index in [0.717, 1.165) is 48.1 Å². The van der Waals surface area contributed by atoms with Gasteiger partial charge < -0.3 is 14.3 Å². The third kappa shape index (κ3) is 3.83. The van der Waals surface area contributed by atoms with Gasteiger partial charge in [-0.2, -0.15) is 0 Å². The highest BCUT2D eigenvalue weighted by atomic mass is 16.3. The van der Waals surface area contributed by atoms with E-state index in [4.69, 9.17) is 9.40 Å². The number of furan rings is 1. The van der Waals surface area contributed by atoms with Crippen LogP contribution in [-0.4, -0.2) is 33.4 Å². The molecule has 1 saturated heterocycles. The molecule has 0 bridgehead atoms. The SMILES string of the molecule is CC1CCN(Cc2nc3cc(NC(=O)c4ccco4)ccc3n2C(C)C)CC1. The number of aromatic nitrogens is 2.